The van der Waals surface area contributed by atoms with Crippen LogP contribution in [-0.2, 0) is 0 Å². The van der Waals surface area contributed by atoms with E-state index in [4.69, 9.17) is 16.7 Å². The summed E-state index contributed by atoms with van der Waals surface area (Å²) in [6.45, 7) is 1.06. The van der Waals surface area contributed by atoms with Gasteiger partial charge in [0.05, 0.1) is 4.47 Å². The van der Waals surface area contributed by atoms with Crippen LogP contribution in [0, 0.1) is 5.41 Å². The lowest BCUT2D eigenvalue weighted by molar-refractivity contribution is 0.253. The first kappa shape index (κ1) is 12.1. The Hall–Kier alpha value is -0.390. The second-order valence-electron chi connectivity index (χ2n) is 4.16. The molecular formula is C10H13BrClN3O. The monoisotopic (exact) mass is 305 g/mol. The van der Waals surface area contributed by atoms with E-state index >= 15 is 0 Å². The Balaban J connectivity index is 1.97. The third kappa shape index (κ3) is 2.84. The SMILES string of the molecule is OCCC1(CNc2nc(Cl)ncc2Br)CC1. The highest BCUT2D eigenvalue weighted by molar-refractivity contribution is 9.10. The molecule has 1 aliphatic rings. The molecule has 1 aliphatic carbocycles. The Bertz CT molecular complexity index is 384. The molecule has 0 radical (unpaired) electrons. The van der Waals surface area contributed by atoms with Crippen LogP contribution >= 0.6 is 27.5 Å². The maximum absolute atomic E-state index is 8.95. The number of aromatic nitrogens is 2. The van der Waals surface area contributed by atoms with E-state index < -0.39 is 0 Å². The third-order valence-corrected chi connectivity index (χ3v) is 3.71. The molecule has 0 saturated heterocycles. The Morgan fingerprint density at radius 2 is 2.31 bits per heavy atom. The molecule has 1 aromatic rings. The molecule has 0 spiro atoms. The molecule has 0 aliphatic heterocycles. The van der Waals surface area contributed by atoms with E-state index in [1.165, 1.54) is 0 Å². The first-order chi connectivity index (χ1) is 7.65. The fourth-order valence-corrected chi connectivity index (χ4v) is 2.13. The second kappa shape index (κ2) is 4.85. The normalized spacial score (nSPS) is 17.2. The minimum Gasteiger partial charge on any atom is -0.396 e. The highest BCUT2D eigenvalue weighted by atomic mass is 79.9. The topological polar surface area (TPSA) is 58.0 Å². The number of aliphatic hydroxyl groups excluding tert-OH is 1. The molecular weight excluding hydrogens is 293 g/mol. The summed E-state index contributed by atoms with van der Waals surface area (Å²) in [5, 5.41) is 12.4. The highest BCUT2D eigenvalue weighted by Gasteiger charge is 2.41. The van der Waals surface area contributed by atoms with Crippen LogP contribution in [0.2, 0.25) is 5.28 Å². The van der Waals surface area contributed by atoms with Crippen molar-refractivity contribution in [3.63, 3.8) is 0 Å². The van der Waals surface area contributed by atoms with Crippen molar-refractivity contribution in [3.8, 4) is 0 Å². The van der Waals surface area contributed by atoms with Crippen molar-refractivity contribution in [2.45, 2.75) is 19.3 Å². The van der Waals surface area contributed by atoms with Crippen LogP contribution in [0.25, 0.3) is 0 Å². The van der Waals surface area contributed by atoms with Gasteiger partial charge in [0.2, 0.25) is 5.28 Å². The van der Waals surface area contributed by atoms with Crippen molar-refractivity contribution >= 4 is 33.3 Å². The summed E-state index contributed by atoms with van der Waals surface area (Å²) >= 11 is 9.08. The largest absolute Gasteiger partial charge is 0.396 e. The van der Waals surface area contributed by atoms with Gasteiger partial charge in [-0.1, -0.05) is 0 Å². The lowest BCUT2D eigenvalue weighted by Crippen LogP contribution is -2.17. The number of aliphatic hydroxyl groups is 1. The van der Waals surface area contributed by atoms with E-state index in [0.717, 1.165) is 30.3 Å². The molecule has 1 fully saturated rings. The number of hydrogen-bond acceptors (Lipinski definition) is 4. The molecule has 1 heterocycles. The summed E-state index contributed by atoms with van der Waals surface area (Å²) in [5.41, 5.74) is 0.256. The Labute approximate surface area is 108 Å². The summed E-state index contributed by atoms with van der Waals surface area (Å²) in [6.07, 6.45) is 4.80. The van der Waals surface area contributed by atoms with Gasteiger partial charge >= 0.3 is 0 Å². The average molecular weight is 307 g/mol. The van der Waals surface area contributed by atoms with E-state index in [1.54, 1.807) is 6.20 Å². The van der Waals surface area contributed by atoms with Gasteiger partial charge in [-0.05, 0) is 52.2 Å². The summed E-state index contributed by atoms with van der Waals surface area (Å²) < 4.78 is 0.802. The number of anilines is 1. The number of nitrogens with one attached hydrogen (secondary N) is 1. The van der Waals surface area contributed by atoms with E-state index in [1.807, 2.05) is 0 Å². The fourth-order valence-electron chi connectivity index (χ4n) is 1.67. The summed E-state index contributed by atoms with van der Waals surface area (Å²) in [6, 6.07) is 0. The minimum absolute atomic E-state index is 0.234. The van der Waals surface area contributed by atoms with Gasteiger partial charge in [0.1, 0.15) is 5.82 Å². The molecule has 2 N–H and O–H groups in total. The Morgan fingerprint density at radius 3 is 2.94 bits per heavy atom. The van der Waals surface area contributed by atoms with Crippen LogP contribution in [0.3, 0.4) is 0 Å². The van der Waals surface area contributed by atoms with E-state index in [-0.39, 0.29) is 17.3 Å². The zero-order valence-corrected chi connectivity index (χ0v) is 11.1. The maximum atomic E-state index is 8.95. The van der Waals surface area contributed by atoms with Gasteiger partial charge in [-0.3, -0.25) is 0 Å². The molecule has 4 nitrogen and oxygen atoms in total. The van der Waals surface area contributed by atoms with E-state index in [0.29, 0.717) is 5.82 Å². The molecule has 0 aromatic carbocycles. The van der Waals surface area contributed by atoms with E-state index in [9.17, 15) is 0 Å². The molecule has 0 atom stereocenters. The Morgan fingerprint density at radius 1 is 1.56 bits per heavy atom. The van der Waals surface area contributed by atoms with Crippen molar-refractivity contribution in [2.75, 3.05) is 18.5 Å². The van der Waals surface area contributed by atoms with Crippen molar-refractivity contribution in [1.82, 2.24) is 9.97 Å². The zero-order valence-electron chi connectivity index (χ0n) is 8.71. The van der Waals surface area contributed by atoms with Gasteiger partial charge in [-0.25, -0.2) is 4.98 Å². The molecule has 2 rings (SSSR count). The molecule has 0 unspecified atom stereocenters. The summed E-state index contributed by atoms with van der Waals surface area (Å²) in [5.74, 6) is 0.712. The Kier molecular flexibility index (Phi) is 3.66. The highest BCUT2D eigenvalue weighted by Crippen LogP contribution is 2.48. The maximum Gasteiger partial charge on any atom is 0.224 e. The quantitative estimate of drug-likeness (QED) is 0.821. The van der Waals surface area contributed by atoms with Crippen LogP contribution in [-0.4, -0.2) is 28.2 Å². The van der Waals surface area contributed by atoms with Crippen molar-refractivity contribution in [2.24, 2.45) is 5.41 Å². The molecule has 6 heteroatoms. The lowest BCUT2D eigenvalue weighted by Gasteiger charge is -2.15. The van der Waals surface area contributed by atoms with Crippen molar-refractivity contribution < 1.29 is 5.11 Å². The van der Waals surface area contributed by atoms with Crippen molar-refractivity contribution in [3.05, 3.63) is 16.0 Å². The van der Waals surface area contributed by atoms with Crippen LogP contribution < -0.4 is 5.32 Å². The van der Waals surface area contributed by atoms with Crippen LogP contribution in [0.5, 0.6) is 0 Å². The van der Waals surface area contributed by atoms with Gasteiger partial charge < -0.3 is 10.4 Å². The molecule has 1 saturated carbocycles. The first-order valence-corrected chi connectivity index (χ1v) is 6.35. The van der Waals surface area contributed by atoms with Crippen LogP contribution in [0.4, 0.5) is 5.82 Å². The van der Waals surface area contributed by atoms with Gasteiger partial charge in [0.15, 0.2) is 0 Å². The predicted octanol–water partition coefficient (Wildman–Crippen LogP) is 2.47. The van der Waals surface area contributed by atoms with Crippen LogP contribution in [0.1, 0.15) is 19.3 Å². The third-order valence-electron chi connectivity index (χ3n) is 2.94. The van der Waals surface area contributed by atoms with Gasteiger partial charge in [0, 0.05) is 19.3 Å². The summed E-state index contributed by atoms with van der Waals surface area (Å²) in [4.78, 5) is 7.96. The second-order valence-corrected chi connectivity index (χ2v) is 5.36. The number of nitrogens with zero attached hydrogens (tertiary/aromatic N) is 2. The predicted molar refractivity (Wildman–Crippen MR) is 66.6 cm³/mol. The molecule has 0 bridgehead atoms. The molecule has 16 heavy (non-hydrogen) atoms. The number of halogens is 2. The molecule has 0 amide bonds. The van der Waals surface area contributed by atoms with Gasteiger partial charge in [-0.15, -0.1) is 0 Å². The smallest absolute Gasteiger partial charge is 0.224 e. The molecule has 88 valence electrons. The number of rotatable bonds is 5. The molecule has 1 aromatic heterocycles. The minimum atomic E-state index is 0.234. The van der Waals surface area contributed by atoms with Gasteiger partial charge in [-0.2, -0.15) is 4.98 Å². The lowest BCUT2D eigenvalue weighted by atomic mass is 10.0. The zero-order chi connectivity index (χ0) is 11.6. The summed E-state index contributed by atoms with van der Waals surface area (Å²) in [7, 11) is 0. The number of hydrogen-bond donors (Lipinski definition) is 2. The van der Waals surface area contributed by atoms with E-state index in [2.05, 4.69) is 31.2 Å². The standard InChI is InChI=1S/C10H13BrClN3O/c11-7-5-13-9(12)15-8(7)14-6-10(1-2-10)3-4-16/h5,16H,1-4,6H2,(H,13,14,15). The first-order valence-electron chi connectivity index (χ1n) is 5.18. The average Bonchev–Trinajstić information content (AvgIpc) is 3.01. The van der Waals surface area contributed by atoms with Crippen LogP contribution in [0.15, 0.2) is 10.7 Å². The van der Waals surface area contributed by atoms with Gasteiger partial charge in [0.25, 0.3) is 0 Å². The fraction of sp³-hybridized carbons (Fsp3) is 0.600. The van der Waals surface area contributed by atoms with Crippen molar-refractivity contribution in [1.29, 1.82) is 0 Å².